The van der Waals surface area contributed by atoms with Crippen LogP contribution < -0.4 is 10.9 Å². The van der Waals surface area contributed by atoms with Gasteiger partial charge in [-0.25, -0.2) is 4.98 Å². The SMILES string of the molecule is Cc1ccccc1NC(=O)c1sc2ncn(C(C)C(=O)c3ccccc3)c(=O)c2c1C. The van der Waals surface area contributed by atoms with E-state index in [-0.39, 0.29) is 17.2 Å². The van der Waals surface area contributed by atoms with Gasteiger partial charge in [-0.2, -0.15) is 0 Å². The first-order valence-corrected chi connectivity index (χ1v) is 10.7. The van der Waals surface area contributed by atoms with Gasteiger partial charge in [0.15, 0.2) is 5.78 Å². The molecule has 0 aliphatic carbocycles. The molecule has 0 aliphatic rings. The zero-order valence-corrected chi connectivity index (χ0v) is 18.2. The van der Waals surface area contributed by atoms with Gasteiger partial charge in [-0.1, -0.05) is 48.5 Å². The van der Waals surface area contributed by atoms with Crippen molar-refractivity contribution in [2.75, 3.05) is 5.32 Å². The Morgan fingerprint density at radius 3 is 2.42 bits per heavy atom. The Balaban J connectivity index is 1.71. The van der Waals surface area contributed by atoms with Crippen LogP contribution in [-0.2, 0) is 0 Å². The summed E-state index contributed by atoms with van der Waals surface area (Å²) in [7, 11) is 0. The number of anilines is 1. The molecule has 1 unspecified atom stereocenters. The number of carbonyl (C=O) groups excluding carboxylic acids is 2. The first kappa shape index (κ1) is 20.7. The van der Waals surface area contributed by atoms with Crippen LogP contribution in [-0.4, -0.2) is 21.2 Å². The van der Waals surface area contributed by atoms with E-state index in [4.69, 9.17) is 0 Å². The minimum Gasteiger partial charge on any atom is -0.321 e. The largest absolute Gasteiger partial charge is 0.321 e. The Bertz CT molecular complexity index is 1360. The molecule has 0 spiro atoms. The molecule has 7 heteroatoms. The third kappa shape index (κ3) is 3.80. The van der Waals surface area contributed by atoms with E-state index in [2.05, 4.69) is 10.3 Å². The van der Waals surface area contributed by atoms with Crippen LogP contribution in [0.15, 0.2) is 65.7 Å². The molecule has 156 valence electrons. The number of benzene rings is 2. The summed E-state index contributed by atoms with van der Waals surface area (Å²) in [5.74, 6) is -0.455. The van der Waals surface area contributed by atoms with Crippen LogP contribution in [0, 0.1) is 13.8 Å². The van der Waals surface area contributed by atoms with Gasteiger partial charge < -0.3 is 5.32 Å². The summed E-state index contributed by atoms with van der Waals surface area (Å²) in [6.07, 6.45) is 1.38. The van der Waals surface area contributed by atoms with Gasteiger partial charge in [0.25, 0.3) is 11.5 Å². The zero-order valence-electron chi connectivity index (χ0n) is 17.4. The topological polar surface area (TPSA) is 81.1 Å². The second kappa shape index (κ2) is 8.28. The molecule has 1 N–H and O–H groups in total. The van der Waals surface area contributed by atoms with Crippen LogP contribution in [0.5, 0.6) is 0 Å². The Kier molecular flexibility index (Phi) is 5.52. The number of aryl methyl sites for hydroxylation is 2. The molecule has 1 atom stereocenters. The molecular weight excluding hydrogens is 410 g/mol. The van der Waals surface area contributed by atoms with Crippen molar-refractivity contribution in [2.45, 2.75) is 26.8 Å². The minimum atomic E-state index is -0.713. The van der Waals surface area contributed by atoms with Gasteiger partial charge in [0.2, 0.25) is 0 Å². The first-order valence-electron chi connectivity index (χ1n) is 9.85. The lowest BCUT2D eigenvalue weighted by Crippen LogP contribution is -2.28. The highest BCUT2D eigenvalue weighted by Crippen LogP contribution is 2.28. The Labute approximate surface area is 183 Å². The van der Waals surface area contributed by atoms with Gasteiger partial charge in [-0.05, 0) is 38.0 Å². The van der Waals surface area contributed by atoms with Crippen molar-refractivity contribution in [1.29, 1.82) is 0 Å². The number of carbonyl (C=O) groups is 2. The summed E-state index contributed by atoms with van der Waals surface area (Å²) >= 11 is 1.18. The fourth-order valence-corrected chi connectivity index (χ4v) is 4.53. The summed E-state index contributed by atoms with van der Waals surface area (Å²) in [6, 6.07) is 15.6. The number of ketones is 1. The Morgan fingerprint density at radius 1 is 1.03 bits per heavy atom. The van der Waals surface area contributed by atoms with Crippen molar-refractivity contribution in [1.82, 2.24) is 9.55 Å². The van der Waals surface area contributed by atoms with E-state index in [0.717, 1.165) is 11.3 Å². The van der Waals surface area contributed by atoms with Crippen LogP contribution in [0.2, 0.25) is 0 Å². The molecule has 2 aromatic carbocycles. The molecular formula is C24H21N3O3S. The van der Waals surface area contributed by atoms with E-state index in [0.29, 0.717) is 26.2 Å². The molecule has 0 saturated carbocycles. The van der Waals surface area contributed by atoms with E-state index in [9.17, 15) is 14.4 Å². The van der Waals surface area contributed by atoms with Crippen molar-refractivity contribution in [3.05, 3.63) is 92.8 Å². The number of rotatable bonds is 5. The fourth-order valence-electron chi connectivity index (χ4n) is 3.49. The third-order valence-electron chi connectivity index (χ3n) is 5.33. The fraction of sp³-hybridized carbons (Fsp3) is 0.167. The van der Waals surface area contributed by atoms with Gasteiger partial charge in [0.05, 0.1) is 22.6 Å². The van der Waals surface area contributed by atoms with Crippen LogP contribution in [0.3, 0.4) is 0 Å². The zero-order chi connectivity index (χ0) is 22.1. The van der Waals surface area contributed by atoms with Crippen LogP contribution >= 0.6 is 11.3 Å². The van der Waals surface area contributed by atoms with Crippen molar-refractivity contribution in [3.63, 3.8) is 0 Å². The average Bonchev–Trinajstić information content (AvgIpc) is 3.12. The van der Waals surface area contributed by atoms with E-state index in [1.165, 1.54) is 22.2 Å². The number of para-hydroxylation sites is 1. The van der Waals surface area contributed by atoms with E-state index >= 15 is 0 Å². The van der Waals surface area contributed by atoms with Crippen molar-refractivity contribution < 1.29 is 9.59 Å². The molecule has 1 amide bonds. The third-order valence-corrected chi connectivity index (χ3v) is 6.53. The standard InChI is InChI=1S/C24H21N3O3S/c1-14-9-7-8-12-18(14)26-22(29)21-15(2)19-23(31-21)25-13-27(24(19)30)16(3)20(28)17-10-5-4-6-11-17/h4-13,16H,1-3H3,(H,26,29). The number of aromatic nitrogens is 2. The highest BCUT2D eigenvalue weighted by molar-refractivity contribution is 7.20. The number of hydrogen-bond acceptors (Lipinski definition) is 5. The van der Waals surface area contributed by atoms with Gasteiger partial charge in [0.1, 0.15) is 4.83 Å². The lowest BCUT2D eigenvalue weighted by molar-refractivity contribution is 0.0932. The molecule has 4 aromatic rings. The molecule has 2 heterocycles. The summed E-state index contributed by atoms with van der Waals surface area (Å²) in [4.78, 5) is 44.2. The lowest BCUT2D eigenvalue weighted by atomic mass is 10.1. The number of Topliss-reactive ketones (excluding diaryl/α,β-unsaturated/α-hetero) is 1. The molecule has 0 saturated heterocycles. The maximum atomic E-state index is 13.2. The molecule has 0 aliphatic heterocycles. The predicted molar refractivity (Wildman–Crippen MR) is 123 cm³/mol. The van der Waals surface area contributed by atoms with Crippen molar-refractivity contribution >= 4 is 38.9 Å². The Hall–Kier alpha value is -3.58. The number of thiophene rings is 1. The first-order chi connectivity index (χ1) is 14.9. The predicted octanol–water partition coefficient (Wildman–Crippen LogP) is 4.77. The quantitative estimate of drug-likeness (QED) is 0.462. The van der Waals surface area contributed by atoms with Crippen LogP contribution in [0.25, 0.3) is 10.2 Å². The molecule has 0 fully saturated rings. The van der Waals surface area contributed by atoms with E-state index < -0.39 is 6.04 Å². The van der Waals surface area contributed by atoms with E-state index in [1.54, 1.807) is 38.1 Å². The number of nitrogens with zero attached hydrogens (tertiary/aromatic N) is 2. The number of nitrogens with one attached hydrogen (secondary N) is 1. The average molecular weight is 432 g/mol. The summed E-state index contributed by atoms with van der Waals surface area (Å²) in [5.41, 5.74) is 2.44. The normalized spacial score (nSPS) is 12.0. The molecule has 0 radical (unpaired) electrons. The smallest absolute Gasteiger partial charge is 0.266 e. The monoisotopic (exact) mass is 431 g/mol. The lowest BCUT2D eigenvalue weighted by Gasteiger charge is -2.13. The van der Waals surface area contributed by atoms with Gasteiger partial charge in [-0.15, -0.1) is 11.3 Å². The highest BCUT2D eigenvalue weighted by Gasteiger charge is 2.23. The number of hydrogen-bond donors (Lipinski definition) is 1. The maximum Gasteiger partial charge on any atom is 0.266 e. The summed E-state index contributed by atoms with van der Waals surface area (Å²) in [5, 5.41) is 3.28. The van der Waals surface area contributed by atoms with Crippen molar-refractivity contribution in [2.24, 2.45) is 0 Å². The molecule has 6 nitrogen and oxygen atoms in total. The Morgan fingerprint density at radius 2 is 1.71 bits per heavy atom. The molecule has 4 rings (SSSR count). The van der Waals surface area contributed by atoms with Gasteiger partial charge in [-0.3, -0.25) is 19.0 Å². The number of amides is 1. The number of fused-ring (bicyclic) bond motifs is 1. The molecule has 31 heavy (non-hydrogen) atoms. The summed E-state index contributed by atoms with van der Waals surface area (Å²) < 4.78 is 1.33. The minimum absolute atomic E-state index is 0.172. The highest BCUT2D eigenvalue weighted by atomic mass is 32.1. The van der Waals surface area contributed by atoms with Crippen LogP contribution in [0.4, 0.5) is 5.69 Å². The van der Waals surface area contributed by atoms with Crippen molar-refractivity contribution in [3.8, 4) is 0 Å². The second-order valence-corrected chi connectivity index (χ2v) is 8.37. The summed E-state index contributed by atoms with van der Waals surface area (Å²) in [6.45, 7) is 5.33. The molecule has 0 bridgehead atoms. The second-order valence-electron chi connectivity index (χ2n) is 7.37. The molecule has 2 aromatic heterocycles. The maximum absolute atomic E-state index is 13.2. The van der Waals surface area contributed by atoms with Gasteiger partial charge >= 0.3 is 0 Å². The van der Waals surface area contributed by atoms with Crippen LogP contribution in [0.1, 0.15) is 44.1 Å². The van der Waals surface area contributed by atoms with E-state index in [1.807, 2.05) is 37.3 Å². The van der Waals surface area contributed by atoms with Gasteiger partial charge in [0, 0.05) is 11.3 Å².